The molecule has 1 aromatic heterocycles. The molecule has 1 N–H and O–H groups in total. The zero-order valence-electron chi connectivity index (χ0n) is 15.0. The lowest BCUT2D eigenvalue weighted by Crippen LogP contribution is -2.45. The van der Waals surface area contributed by atoms with E-state index in [1.165, 1.54) is 0 Å². The minimum atomic E-state index is -0.449. The van der Waals surface area contributed by atoms with E-state index in [-0.39, 0.29) is 12.1 Å². The Bertz CT molecular complexity index is 513. The quantitative estimate of drug-likeness (QED) is 0.925. The van der Waals surface area contributed by atoms with Gasteiger partial charge in [0.25, 0.3) is 0 Å². The fraction of sp³-hybridized carbons (Fsp3) is 0.765. The van der Waals surface area contributed by atoms with Crippen molar-refractivity contribution < 1.29 is 9.53 Å². The molecular weight excluding hydrogens is 292 g/mol. The Morgan fingerprint density at radius 2 is 2.09 bits per heavy atom. The van der Waals surface area contributed by atoms with E-state index in [0.29, 0.717) is 5.92 Å². The average molecular weight is 322 g/mol. The van der Waals surface area contributed by atoms with Crippen molar-refractivity contribution >= 4 is 6.09 Å². The Kier molecular flexibility index (Phi) is 5.68. The standard InChI is InChI=1S/C17H30N4O2/c1-13(19-16(22)23-17(2,3)4)14-6-9-21(10-7-14)12-15-18-8-11-20(15)5/h8,11,13-14H,6-7,9-10,12H2,1-5H3,(H,19,22). The van der Waals surface area contributed by atoms with Gasteiger partial charge in [0.15, 0.2) is 0 Å². The second-order valence-corrected chi connectivity index (χ2v) is 7.50. The first kappa shape index (κ1) is 17.8. The number of rotatable bonds is 4. The van der Waals surface area contributed by atoms with Crippen LogP contribution in [0.5, 0.6) is 0 Å². The fourth-order valence-electron chi connectivity index (χ4n) is 2.97. The van der Waals surface area contributed by atoms with Gasteiger partial charge in [0.1, 0.15) is 11.4 Å². The highest BCUT2D eigenvalue weighted by Gasteiger charge is 2.26. The molecule has 2 rings (SSSR count). The van der Waals surface area contributed by atoms with Crippen molar-refractivity contribution in [1.29, 1.82) is 0 Å². The van der Waals surface area contributed by atoms with Gasteiger partial charge in [0.2, 0.25) is 0 Å². The number of nitrogens with zero attached hydrogens (tertiary/aromatic N) is 3. The summed E-state index contributed by atoms with van der Waals surface area (Å²) in [4.78, 5) is 18.7. The predicted octanol–water partition coefficient (Wildman–Crippen LogP) is 2.55. The number of likely N-dealkylation sites (tertiary alicyclic amines) is 1. The minimum absolute atomic E-state index is 0.139. The number of nitrogens with one attached hydrogen (secondary N) is 1. The van der Waals surface area contributed by atoms with Crippen LogP contribution >= 0.6 is 0 Å². The molecule has 0 saturated carbocycles. The number of hydrogen-bond acceptors (Lipinski definition) is 4. The molecule has 2 heterocycles. The molecule has 0 bridgehead atoms. The van der Waals surface area contributed by atoms with Crippen LogP contribution in [0.15, 0.2) is 12.4 Å². The zero-order chi connectivity index (χ0) is 17.0. The first-order chi connectivity index (χ1) is 10.7. The van der Waals surface area contributed by atoms with E-state index in [9.17, 15) is 4.79 Å². The molecule has 1 saturated heterocycles. The number of ether oxygens (including phenoxy) is 1. The summed E-state index contributed by atoms with van der Waals surface area (Å²) < 4.78 is 7.40. The summed E-state index contributed by atoms with van der Waals surface area (Å²) in [5.41, 5.74) is -0.449. The first-order valence-corrected chi connectivity index (χ1v) is 8.42. The molecule has 1 aliphatic heterocycles. The molecular formula is C17H30N4O2. The number of alkyl carbamates (subject to hydrolysis) is 1. The lowest BCUT2D eigenvalue weighted by atomic mass is 9.90. The van der Waals surface area contributed by atoms with Gasteiger partial charge in [-0.3, -0.25) is 4.90 Å². The summed E-state index contributed by atoms with van der Waals surface area (Å²) in [5, 5.41) is 2.98. The van der Waals surface area contributed by atoms with Crippen LogP contribution in [0.3, 0.4) is 0 Å². The molecule has 1 fully saturated rings. The fourth-order valence-corrected chi connectivity index (χ4v) is 2.97. The van der Waals surface area contributed by atoms with Crippen molar-refractivity contribution in [2.45, 2.75) is 58.7 Å². The maximum atomic E-state index is 11.9. The van der Waals surface area contributed by atoms with Crippen LogP contribution in [0.4, 0.5) is 4.79 Å². The Morgan fingerprint density at radius 1 is 1.43 bits per heavy atom. The van der Waals surface area contributed by atoms with Crippen LogP contribution < -0.4 is 5.32 Å². The lowest BCUT2D eigenvalue weighted by molar-refractivity contribution is 0.0472. The van der Waals surface area contributed by atoms with Crippen molar-refractivity contribution in [2.24, 2.45) is 13.0 Å². The highest BCUT2D eigenvalue weighted by molar-refractivity contribution is 5.68. The molecule has 1 unspecified atom stereocenters. The number of aromatic nitrogens is 2. The second kappa shape index (κ2) is 7.34. The lowest BCUT2D eigenvalue weighted by Gasteiger charge is -2.35. The normalized spacial score (nSPS) is 18.7. The van der Waals surface area contributed by atoms with Crippen LogP contribution in [-0.4, -0.2) is 45.3 Å². The Morgan fingerprint density at radius 3 is 2.61 bits per heavy atom. The van der Waals surface area contributed by atoms with E-state index in [1.54, 1.807) is 0 Å². The maximum absolute atomic E-state index is 11.9. The van der Waals surface area contributed by atoms with Gasteiger partial charge >= 0.3 is 6.09 Å². The van der Waals surface area contributed by atoms with Crippen molar-refractivity contribution in [1.82, 2.24) is 19.8 Å². The molecule has 0 radical (unpaired) electrons. The molecule has 0 aromatic carbocycles. The topological polar surface area (TPSA) is 59.4 Å². The van der Waals surface area contributed by atoms with Crippen LogP contribution in [0.25, 0.3) is 0 Å². The van der Waals surface area contributed by atoms with Gasteiger partial charge in [0.05, 0.1) is 6.54 Å². The SMILES string of the molecule is CC(NC(=O)OC(C)(C)C)C1CCN(Cc2nccn2C)CC1. The van der Waals surface area contributed by atoms with Gasteiger partial charge in [-0.05, 0) is 59.5 Å². The molecule has 6 nitrogen and oxygen atoms in total. The number of imidazole rings is 1. The van der Waals surface area contributed by atoms with Crippen LogP contribution in [0.1, 0.15) is 46.4 Å². The van der Waals surface area contributed by atoms with E-state index >= 15 is 0 Å². The monoisotopic (exact) mass is 322 g/mol. The number of amides is 1. The highest BCUT2D eigenvalue weighted by Crippen LogP contribution is 2.22. The number of aryl methyl sites for hydroxylation is 1. The molecule has 130 valence electrons. The van der Waals surface area contributed by atoms with Gasteiger partial charge in [-0.1, -0.05) is 0 Å². The average Bonchev–Trinajstić information content (AvgIpc) is 2.83. The summed E-state index contributed by atoms with van der Waals surface area (Å²) in [6.45, 7) is 10.7. The van der Waals surface area contributed by atoms with Crippen molar-refractivity contribution in [2.75, 3.05) is 13.1 Å². The van der Waals surface area contributed by atoms with E-state index < -0.39 is 5.60 Å². The van der Waals surface area contributed by atoms with Gasteiger partial charge in [-0.25, -0.2) is 9.78 Å². The van der Waals surface area contributed by atoms with Crippen LogP contribution in [0, 0.1) is 5.92 Å². The molecule has 0 spiro atoms. The number of carbonyl (C=O) groups excluding carboxylic acids is 1. The first-order valence-electron chi connectivity index (χ1n) is 8.42. The number of carbonyl (C=O) groups is 1. The zero-order valence-corrected chi connectivity index (χ0v) is 15.0. The van der Waals surface area contributed by atoms with Crippen molar-refractivity contribution in [3.05, 3.63) is 18.2 Å². The molecule has 1 amide bonds. The predicted molar refractivity (Wildman–Crippen MR) is 90.0 cm³/mol. The Hall–Kier alpha value is -1.56. The van der Waals surface area contributed by atoms with E-state index in [2.05, 4.69) is 26.7 Å². The molecule has 23 heavy (non-hydrogen) atoms. The number of piperidine rings is 1. The van der Waals surface area contributed by atoms with Crippen LogP contribution in [0.2, 0.25) is 0 Å². The van der Waals surface area contributed by atoms with Gasteiger partial charge in [-0.2, -0.15) is 0 Å². The van der Waals surface area contributed by atoms with Gasteiger partial charge in [-0.15, -0.1) is 0 Å². The smallest absolute Gasteiger partial charge is 0.407 e. The highest BCUT2D eigenvalue weighted by atomic mass is 16.6. The van der Waals surface area contributed by atoms with E-state index in [1.807, 2.05) is 40.2 Å². The van der Waals surface area contributed by atoms with E-state index in [4.69, 9.17) is 4.74 Å². The third-order valence-electron chi connectivity index (χ3n) is 4.37. The minimum Gasteiger partial charge on any atom is -0.444 e. The summed E-state index contributed by atoms with van der Waals surface area (Å²) in [5.74, 6) is 1.60. The summed E-state index contributed by atoms with van der Waals surface area (Å²) >= 11 is 0. The summed E-state index contributed by atoms with van der Waals surface area (Å²) in [6, 6.07) is 0.139. The van der Waals surface area contributed by atoms with Crippen molar-refractivity contribution in [3.63, 3.8) is 0 Å². The molecule has 6 heteroatoms. The summed E-state index contributed by atoms with van der Waals surface area (Å²) in [7, 11) is 2.03. The maximum Gasteiger partial charge on any atom is 0.407 e. The molecule has 1 atom stereocenters. The Balaban J connectivity index is 1.75. The van der Waals surface area contributed by atoms with Crippen LogP contribution in [-0.2, 0) is 18.3 Å². The summed E-state index contributed by atoms with van der Waals surface area (Å²) in [6.07, 6.45) is 5.67. The third kappa shape index (κ3) is 5.53. The third-order valence-corrected chi connectivity index (χ3v) is 4.37. The number of hydrogen-bond donors (Lipinski definition) is 1. The van der Waals surface area contributed by atoms with E-state index in [0.717, 1.165) is 38.3 Å². The largest absolute Gasteiger partial charge is 0.444 e. The van der Waals surface area contributed by atoms with Gasteiger partial charge < -0.3 is 14.6 Å². The van der Waals surface area contributed by atoms with Crippen molar-refractivity contribution in [3.8, 4) is 0 Å². The molecule has 1 aromatic rings. The second-order valence-electron chi connectivity index (χ2n) is 7.50. The Labute approximate surface area is 139 Å². The van der Waals surface area contributed by atoms with Gasteiger partial charge in [0, 0.05) is 25.5 Å². The molecule has 1 aliphatic rings. The molecule has 0 aliphatic carbocycles.